The molecule has 0 fully saturated rings. The summed E-state index contributed by atoms with van der Waals surface area (Å²) in [5, 5.41) is 0. The molecule has 1 atom stereocenters. The largest absolute Gasteiger partial charge is 0.336 e. The van der Waals surface area contributed by atoms with Crippen LogP contribution in [0.1, 0.15) is 37.4 Å². The van der Waals surface area contributed by atoms with E-state index >= 15 is 0 Å². The summed E-state index contributed by atoms with van der Waals surface area (Å²) in [6.45, 7) is 4.90. The summed E-state index contributed by atoms with van der Waals surface area (Å²) in [7, 11) is 0. The van der Waals surface area contributed by atoms with Crippen LogP contribution in [-0.4, -0.2) is 17.4 Å². The third-order valence-corrected chi connectivity index (χ3v) is 4.44. The van der Waals surface area contributed by atoms with Crippen molar-refractivity contribution in [3.05, 3.63) is 59.7 Å². The zero-order chi connectivity index (χ0) is 14.8. The van der Waals surface area contributed by atoms with Gasteiger partial charge in [-0.3, -0.25) is 4.79 Å². The van der Waals surface area contributed by atoms with E-state index in [1.807, 2.05) is 17.9 Å². The number of carbonyl (C=O) groups is 1. The fourth-order valence-electron chi connectivity index (χ4n) is 3.30. The third kappa shape index (κ3) is 2.46. The molecule has 2 aromatic rings. The van der Waals surface area contributed by atoms with Crippen molar-refractivity contribution in [2.24, 2.45) is 0 Å². The molecule has 2 nitrogen and oxygen atoms in total. The smallest absolute Gasteiger partial charge is 0.222 e. The molecule has 1 amide bonds. The van der Waals surface area contributed by atoms with E-state index < -0.39 is 0 Å². The van der Waals surface area contributed by atoms with Gasteiger partial charge in [0.2, 0.25) is 5.91 Å². The first kappa shape index (κ1) is 13.9. The molecular weight excluding hydrogens is 258 g/mol. The molecule has 2 aromatic carbocycles. The number of nitrogens with zero attached hydrogens (tertiary/aromatic N) is 1. The summed E-state index contributed by atoms with van der Waals surface area (Å²) >= 11 is 0. The highest BCUT2D eigenvalue weighted by Gasteiger charge is 2.27. The maximum Gasteiger partial charge on any atom is 0.222 e. The van der Waals surface area contributed by atoms with Gasteiger partial charge in [-0.1, -0.05) is 55.5 Å². The average Bonchev–Trinajstić information content (AvgIpc) is 2.55. The lowest BCUT2D eigenvalue weighted by atomic mass is 9.87. The van der Waals surface area contributed by atoms with Crippen molar-refractivity contribution >= 4 is 5.91 Å². The van der Waals surface area contributed by atoms with Gasteiger partial charge in [-0.05, 0) is 35.6 Å². The number of fused-ring (bicyclic) bond motifs is 1. The fourth-order valence-corrected chi connectivity index (χ4v) is 3.30. The molecule has 108 valence electrons. The number of rotatable bonds is 2. The fraction of sp³-hybridized carbons (Fsp3) is 0.316. The zero-order valence-electron chi connectivity index (χ0n) is 12.7. The van der Waals surface area contributed by atoms with Crippen LogP contribution in [0.2, 0.25) is 0 Å². The molecule has 0 saturated carbocycles. The molecule has 1 aliphatic heterocycles. The van der Waals surface area contributed by atoms with E-state index in [2.05, 4.69) is 49.4 Å². The molecule has 0 aromatic heterocycles. The highest BCUT2D eigenvalue weighted by molar-refractivity contribution is 5.77. The van der Waals surface area contributed by atoms with Crippen LogP contribution in [0, 0.1) is 0 Å². The minimum absolute atomic E-state index is 0.171. The van der Waals surface area contributed by atoms with Gasteiger partial charge in [0, 0.05) is 13.0 Å². The predicted molar refractivity (Wildman–Crippen MR) is 86.0 cm³/mol. The van der Waals surface area contributed by atoms with Gasteiger partial charge < -0.3 is 4.90 Å². The van der Waals surface area contributed by atoms with E-state index in [4.69, 9.17) is 0 Å². The van der Waals surface area contributed by atoms with Gasteiger partial charge in [0.15, 0.2) is 0 Å². The monoisotopic (exact) mass is 279 g/mol. The predicted octanol–water partition coefficient (Wildman–Crippen LogP) is 4.21. The quantitative estimate of drug-likeness (QED) is 0.806. The Hall–Kier alpha value is -2.09. The van der Waals surface area contributed by atoms with Gasteiger partial charge >= 0.3 is 0 Å². The molecule has 1 aliphatic rings. The Balaban J connectivity index is 2.04. The summed E-state index contributed by atoms with van der Waals surface area (Å²) in [6.07, 6.45) is 1.52. The van der Waals surface area contributed by atoms with E-state index in [1.54, 1.807) is 0 Å². The van der Waals surface area contributed by atoms with Crippen LogP contribution < -0.4 is 0 Å². The molecule has 2 heteroatoms. The summed E-state index contributed by atoms with van der Waals surface area (Å²) in [5.41, 5.74) is 5.26. The minimum atomic E-state index is 0.171. The first-order valence-corrected chi connectivity index (χ1v) is 7.69. The molecule has 0 bridgehead atoms. The first-order chi connectivity index (χ1) is 10.2. The van der Waals surface area contributed by atoms with Crippen LogP contribution in [-0.2, 0) is 11.2 Å². The van der Waals surface area contributed by atoms with Crippen molar-refractivity contribution in [3.63, 3.8) is 0 Å². The number of carbonyl (C=O) groups excluding carboxylic acids is 1. The SMILES string of the molecule is CCC(=O)N1CCc2c(-c3ccccc3)cccc2[C@H]1C. The molecule has 1 heterocycles. The van der Waals surface area contributed by atoms with Crippen LogP contribution in [0.15, 0.2) is 48.5 Å². The summed E-state index contributed by atoms with van der Waals surface area (Å²) < 4.78 is 0. The van der Waals surface area contributed by atoms with E-state index in [9.17, 15) is 4.79 Å². The van der Waals surface area contributed by atoms with Gasteiger partial charge in [0.05, 0.1) is 6.04 Å². The Kier molecular flexibility index (Phi) is 3.78. The summed E-state index contributed by atoms with van der Waals surface area (Å²) in [4.78, 5) is 14.1. The highest BCUT2D eigenvalue weighted by Crippen LogP contribution is 2.35. The van der Waals surface area contributed by atoms with Crippen molar-refractivity contribution in [2.75, 3.05) is 6.54 Å². The van der Waals surface area contributed by atoms with Crippen molar-refractivity contribution in [1.82, 2.24) is 4.90 Å². The topological polar surface area (TPSA) is 20.3 Å². The molecule has 0 aliphatic carbocycles. The molecule has 0 radical (unpaired) electrons. The van der Waals surface area contributed by atoms with Crippen molar-refractivity contribution in [3.8, 4) is 11.1 Å². The molecule has 0 unspecified atom stereocenters. The molecular formula is C19H21NO. The maximum absolute atomic E-state index is 12.1. The van der Waals surface area contributed by atoms with E-state index in [1.165, 1.54) is 22.3 Å². The lowest BCUT2D eigenvalue weighted by Crippen LogP contribution is -2.38. The van der Waals surface area contributed by atoms with Crippen molar-refractivity contribution < 1.29 is 4.79 Å². The number of hydrogen-bond donors (Lipinski definition) is 0. The molecule has 21 heavy (non-hydrogen) atoms. The second-order valence-corrected chi connectivity index (χ2v) is 5.61. The molecule has 0 N–H and O–H groups in total. The molecule has 0 saturated heterocycles. The van der Waals surface area contributed by atoms with Gasteiger partial charge in [0.25, 0.3) is 0 Å². The lowest BCUT2D eigenvalue weighted by Gasteiger charge is -2.36. The van der Waals surface area contributed by atoms with E-state index in [-0.39, 0.29) is 11.9 Å². The first-order valence-electron chi connectivity index (χ1n) is 7.69. The Morgan fingerprint density at radius 1 is 1.14 bits per heavy atom. The maximum atomic E-state index is 12.1. The average molecular weight is 279 g/mol. The Bertz CT molecular complexity index is 648. The summed E-state index contributed by atoms with van der Waals surface area (Å²) in [5.74, 6) is 0.248. The number of hydrogen-bond acceptors (Lipinski definition) is 1. The van der Waals surface area contributed by atoms with Crippen LogP contribution >= 0.6 is 0 Å². The van der Waals surface area contributed by atoms with E-state index in [0.717, 1.165) is 13.0 Å². The van der Waals surface area contributed by atoms with Crippen LogP contribution in [0.5, 0.6) is 0 Å². The van der Waals surface area contributed by atoms with Gasteiger partial charge in [-0.15, -0.1) is 0 Å². The van der Waals surface area contributed by atoms with Gasteiger partial charge in [-0.2, -0.15) is 0 Å². The van der Waals surface area contributed by atoms with Crippen molar-refractivity contribution in [2.45, 2.75) is 32.7 Å². The Morgan fingerprint density at radius 3 is 2.62 bits per heavy atom. The Morgan fingerprint density at radius 2 is 1.90 bits per heavy atom. The second kappa shape index (κ2) is 5.72. The normalized spacial score (nSPS) is 17.4. The van der Waals surface area contributed by atoms with Gasteiger partial charge in [-0.25, -0.2) is 0 Å². The van der Waals surface area contributed by atoms with Crippen molar-refractivity contribution in [1.29, 1.82) is 0 Å². The highest BCUT2D eigenvalue weighted by atomic mass is 16.2. The second-order valence-electron chi connectivity index (χ2n) is 5.61. The van der Waals surface area contributed by atoms with Crippen LogP contribution in [0.3, 0.4) is 0 Å². The van der Waals surface area contributed by atoms with E-state index in [0.29, 0.717) is 6.42 Å². The standard InChI is InChI=1S/C19H21NO/c1-3-19(21)20-13-12-18-16(14(20)2)10-7-11-17(18)15-8-5-4-6-9-15/h4-11,14H,3,12-13H2,1-2H3/t14-/m1/s1. The number of benzene rings is 2. The van der Waals surface area contributed by atoms with Crippen LogP contribution in [0.25, 0.3) is 11.1 Å². The van der Waals surface area contributed by atoms with Crippen LogP contribution in [0.4, 0.5) is 0 Å². The zero-order valence-corrected chi connectivity index (χ0v) is 12.7. The minimum Gasteiger partial charge on any atom is -0.336 e. The Labute approximate surface area is 126 Å². The molecule has 0 spiro atoms. The number of amides is 1. The molecule has 3 rings (SSSR count). The lowest BCUT2D eigenvalue weighted by molar-refractivity contribution is -0.133. The summed E-state index contributed by atoms with van der Waals surface area (Å²) in [6, 6.07) is 17.2. The van der Waals surface area contributed by atoms with Gasteiger partial charge in [0.1, 0.15) is 0 Å². The third-order valence-electron chi connectivity index (χ3n) is 4.44.